The van der Waals surface area contributed by atoms with Gasteiger partial charge in [-0.05, 0) is 87.1 Å². The third-order valence-electron chi connectivity index (χ3n) is 6.98. The molecular formula is C29H36N6O4. The molecule has 0 radical (unpaired) electrons. The summed E-state index contributed by atoms with van der Waals surface area (Å²) in [5.41, 5.74) is 10.0. The van der Waals surface area contributed by atoms with Crippen molar-refractivity contribution in [1.82, 2.24) is 0 Å². The van der Waals surface area contributed by atoms with E-state index in [0.29, 0.717) is 12.1 Å². The Morgan fingerprint density at radius 3 is 1.41 bits per heavy atom. The number of hydrogen-bond donors (Lipinski definition) is 2. The molecule has 3 aromatic rings. The van der Waals surface area contributed by atoms with Gasteiger partial charge in [0.2, 0.25) is 0 Å². The number of nitrogens with zero attached hydrogens (tertiary/aromatic N) is 4. The van der Waals surface area contributed by atoms with E-state index in [0.717, 1.165) is 23.1 Å². The van der Waals surface area contributed by atoms with Crippen LogP contribution in [0.4, 0.5) is 34.1 Å². The van der Waals surface area contributed by atoms with E-state index in [9.17, 15) is 20.2 Å². The molecule has 206 valence electrons. The van der Waals surface area contributed by atoms with Crippen LogP contribution in [0.1, 0.15) is 38.5 Å². The first-order valence-electron chi connectivity index (χ1n) is 13.3. The lowest BCUT2D eigenvalue weighted by molar-refractivity contribution is -0.385. The van der Waals surface area contributed by atoms with Crippen LogP contribution in [0, 0.1) is 20.2 Å². The van der Waals surface area contributed by atoms with E-state index >= 15 is 0 Å². The second-order valence-corrected chi connectivity index (χ2v) is 10.3. The van der Waals surface area contributed by atoms with E-state index in [1.165, 1.54) is 56.3 Å². The predicted octanol–water partition coefficient (Wildman–Crippen LogP) is 6.23. The maximum atomic E-state index is 10.4. The molecule has 10 heteroatoms. The first kappa shape index (κ1) is 27.7. The minimum absolute atomic E-state index is 0.140. The summed E-state index contributed by atoms with van der Waals surface area (Å²) in [5.74, 6) is 0. The quantitative estimate of drug-likeness (QED) is 0.198. The monoisotopic (exact) mass is 532 g/mol. The largest absolute Gasteiger partial charge is 0.399 e. The average molecular weight is 533 g/mol. The molecule has 0 aromatic heterocycles. The van der Waals surface area contributed by atoms with Gasteiger partial charge in [0.15, 0.2) is 0 Å². The lowest BCUT2D eigenvalue weighted by Gasteiger charge is -2.18. The number of nitrogens with one attached hydrogen (secondary N) is 1. The highest BCUT2D eigenvalue weighted by Crippen LogP contribution is 2.31. The first-order chi connectivity index (χ1) is 18.7. The lowest BCUT2D eigenvalue weighted by Crippen LogP contribution is -2.18. The number of nitro groups is 2. The number of rotatable bonds is 8. The van der Waals surface area contributed by atoms with Crippen molar-refractivity contribution < 1.29 is 9.85 Å². The lowest BCUT2D eigenvalue weighted by atomic mass is 10.2. The van der Waals surface area contributed by atoms with Crippen LogP contribution in [0.15, 0.2) is 72.8 Å². The van der Waals surface area contributed by atoms with Gasteiger partial charge in [-0.15, -0.1) is 0 Å². The highest BCUT2D eigenvalue weighted by molar-refractivity contribution is 5.54. The molecule has 0 saturated heterocycles. The summed E-state index contributed by atoms with van der Waals surface area (Å²) in [4.78, 5) is 24.5. The Bertz CT molecular complexity index is 1240. The van der Waals surface area contributed by atoms with Gasteiger partial charge in [0.1, 0.15) is 0 Å². The SMILES string of the molecule is CN(c1ccc(N)cc1)C1CC1.CN(c1ccc([N+](=O)[O-])cc1)C1CC1.O=[N+]([O-])c1ccc(NC2CC2)cc1. The molecule has 0 aliphatic heterocycles. The van der Waals surface area contributed by atoms with Crippen LogP contribution in [-0.4, -0.2) is 42.1 Å². The fourth-order valence-electron chi connectivity index (χ4n) is 4.01. The van der Waals surface area contributed by atoms with Crippen molar-refractivity contribution in [1.29, 1.82) is 0 Å². The normalized spacial score (nSPS) is 15.5. The van der Waals surface area contributed by atoms with Gasteiger partial charge in [-0.1, -0.05) is 0 Å². The summed E-state index contributed by atoms with van der Waals surface area (Å²) in [6.07, 6.45) is 7.54. The van der Waals surface area contributed by atoms with Crippen molar-refractivity contribution >= 4 is 34.1 Å². The van der Waals surface area contributed by atoms with Crippen molar-refractivity contribution in [3.8, 4) is 0 Å². The van der Waals surface area contributed by atoms with E-state index in [4.69, 9.17) is 5.73 Å². The summed E-state index contributed by atoms with van der Waals surface area (Å²) in [6, 6.07) is 23.3. The number of hydrogen-bond acceptors (Lipinski definition) is 8. The van der Waals surface area contributed by atoms with Gasteiger partial charge in [-0.2, -0.15) is 0 Å². The minimum atomic E-state index is -0.388. The zero-order chi connectivity index (χ0) is 27.9. The van der Waals surface area contributed by atoms with Gasteiger partial charge >= 0.3 is 0 Å². The topological polar surface area (TPSA) is 131 Å². The molecule has 3 aliphatic carbocycles. The molecule has 0 spiro atoms. The number of non-ortho nitro benzene ring substituents is 2. The molecule has 6 rings (SSSR count). The fourth-order valence-corrected chi connectivity index (χ4v) is 4.01. The van der Waals surface area contributed by atoms with Gasteiger partial charge < -0.3 is 20.9 Å². The van der Waals surface area contributed by atoms with Gasteiger partial charge in [0, 0.05) is 79.2 Å². The number of nitro benzene ring substituents is 2. The third kappa shape index (κ3) is 8.59. The summed E-state index contributed by atoms with van der Waals surface area (Å²) in [7, 11) is 4.17. The Morgan fingerprint density at radius 1 is 0.667 bits per heavy atom. The van der Waals surface area contributed by atoms with E-state index in [-0.39, 0.29) is 21.2 Å². The molecule has 3 aromatic carbocycles. The first-order valence-corrected chi connectivity index (χ1v) is 13.3. The van der Waals surface area contributed by atoms with Crippen molar-refractivity contribution in [2.75, 3.05) is 34.9 Å². The zero-order valence-corrected chi connectivity index (χ0v) is 22.4. The Balaban J connectivity index is 0.000000136. The van der Waals surface area contributed by atoms with Gasteiger partial charge in [-0.25, -0.2) is 0 Å². The van der Waals surface area contributed by atoms with Gasteiger partial charge in [0.25, 0.3) is 11.4 Å². The maximum Gasteiger partial charge on any atom is 0.269 e. The average Bonchev–Trinajstić information content (AvgIpc) is 3.77. The van der Waals surface area contributed by atoms with Crippen LogP contribution in [0.3, 0.4) is 0 Å². The van der Waals surface area contributed by atoms with Crippen LogP contribution < -0.4 is 20.9 Å². The summed E-state index contributed by atoms with van der Waals surface area (Å²) in [6.45, 7) is 0. The molecule has 0 amide bonds. The van der Waals surface area contributed by atoms with E-state index < -0.39 is 0 Å². The Labute approximate surface area is 228 Å². The third-order valence-corrected chi connectivity index (χ3v) is 6.98. The van der Waals surface area contributed by atoms with Crippen LogP contribution in [0.25, 0.3) is 0 Å². The molecule has 3 aliphatic rings. The van der Waals surface area contributed by atoms with Crippen molar-refractivity contribution in [3.63, 3.8) is 0 Å². The highest BCUT2D eigenvalue weighted by Gasteiger charge is 2.27. The van der Waals surface area contributed by atoms with Crippen molar-refractivity contribution in [2.45, 2.75) is 56.7 Å². The summed E-state index contributed by atoms with van der Waals surface area (Å²) >= 11 is 0. The summed E-state index contributed by atoms with van der Waals surface area (Å²) in [5, 5.41) is 24.0. The summed E-state index contributed by atoms with van der Waals surface area (Å²) < 4.78 is 0. The number of benzene rings is 3. The molecular weight excluding hydrogens is 496 g/mol. The van der Waals surface area contributed by atoms with Crippen molar-refractivity contribution in [3.05, 3.63) is 93.0 Å². The number of nitrogens with two attached hydrogens (primary N) is 1. The van der Waals surface area contributed by atoms with E-state index in [2.05, 4.69) is 34.3 Å². The number of anilines is 4. The molecule has 10 nitrogen and oxygen atoms in total. The molecule has 3 N–H and O–H groups in total. The smallest absolute Gasteiger partial charge is 0.269 e. The highest BCUT2D eigenvalue weighted by atomic mass is 16.6. The van der Waals surface area contributed by atoms with Crippen LogP contribution in [0.2, 0.25) is 0 Å². The second kappa shape index (κ2) is 12.5. The molecule has 0 heterocycles. The molecule has 0 bridgehead atoms. The molecule has 39 heavy (non-hydrogen) atoms. The minimum Gasteiger partial charge on any atom is -0.399 e. The Morgan fingerprint density at radius 2 is 1.05 bits per heavy atom. The second-order valence-electron chi connectivity index (χ2n) is 10.3. The zero-order valence-electron chi connectivity index (χ0n) is 22.4. The molecule has 0 atom stereocenters. The van der Waals surface area contributed by atoms with Crippen LogP contribution in [0.5, 0.6) is 0 Å². The molecule has 0 unspecified atom stereocenters. The van der Waals surface area contributed by atoms with E-state index in [1.54, 1.807) is 36.4 Å². The Hall–Kier alpha value is -4.34. The van der Waals surface area contributed by atoms with E-state index in [1.807, 2.05) is 19.2 Å². The van der Waals surface area contributed by atoms with Gasteiger partial charge in [-0.3, -0.25) is 20.2 Å². The van der Waals surface area contributed by atoms with Crippen molar-refractivity contribution in [2.24, 2.45) is 0 Å². The molecule has 3 fully saturated rings. The standard InChI is InChI=1S/C10H12N2O2.C10H14N2.C9H10N2O2/c1-11(8-2-3-8)9-4-6-10(7-5-9)12(13)14;1-12(10-6-7-10)9-4-2-8(11)3-5-9;12-11(13)9-5-3-8(4-6-9)10-7-1-2-7/h4-8H,2-3H2,1H3;2-5,10H,6-7,11H2,1H3;3-7,10H,1-2H2. The molecule has 3 saturated carbocycles. The Kier molecular flexibility index (Phi) is 8.85. The van der Waals surface area contributed by atoms with Gasteiger partial charge in [0.05, 0.1) is 9.85 Å². The number of nitrogen functional groups attached to an aromatic ring is 1. The maximum absolute atomic E-state index is 10.4. The fraction of sp³-hybridized carbons (Fsp3) is 0.379. The van der Waals surface area contributed by atoms with Crippen LogP contribution in [-0.2, 0) is 0 Å². The predicted molar refractivity (Wildman–Crippen MR) is 157 cm³/mol. The van der Waals surface area contributed by atoms with Crippen LogP contribution >= 0.6 is 0 Å².